The minimum atomic E-state index is -3.63. The molecule has 0 heterocycles. The Morgan fingerprint density at radius 1 is 1.10 bits per heavy atom. The van der Waals surface area contributed by atoms with Crippen LogP contribution < -0.4 is 9.62 Å². The molecule has 1 N–H and O–H groups in total. The van der Waals surface area contributed by atoms with E-state index in [-0.39, 0.29) is 5.91 Å². The molecule has 5 nitrogen and oxygen atoms in total. The number of benzene rings is 2. The van der Waals surface area contributed by atoms with Crippen LogP contribution in [0.2, 0.25) is 5.02 Å². The fourth-order valence-electron chi connectivity index (χ4n) is 3.41. The van der Waals surface area contributed by atoms with Gasteiger partial charge in [-0.25, -0.2) is 8.42 Å². The van der Waals surface area contributed by atoms with Gasteiger partial charge in [-0.2, -0.15) is 0 Å². The number of hydrogen-bond donors (Lipinski definition) is 1. The van der Waals surface area contributed by atoms with Crippen molar-refractivity contribution in [3.8, 4) is 0 Å². The molecule has 2 aromatic carbocycles. The molecule has 0 spiro atoms. The van der Waals surface area contributed by atoms with Crippen molar-refractivity contribution < 1.29 is 13.2 Å². The molecule has 0 aromatic heterocycles. The Balaban J connectivity index is 2.08. The molecule has 2 rings (SSSR count). The molecule has 29 heavy (non-hydrogen) atoms. The van der Waals surface area contributed by atoms with E-state index < -0.39 is 16.1 Å². The summed E-state index contributed by atoms with van der Waals surface area (Å²) in [5.41, 5.74) is 3.57. The van der Waals surface area contributed by atoms with Gasteiger partial charge >= 0.3 is 0 Å². The fourth-order valence-corrected chi connectivity index (χ4v) is 4.73. The van der Waals surface area contributed by atoms with E-state index in [0.29, 0.717) is 23.7 Å². The second kappa shape index (κ2) is 10.1. The lowest BCUT2D eigenvalue weighted by molar-refractivity contribution is -0.122. The maximum atomic E-state index is 12.8. The first kappa shape index (κ1) is 23.2. The number of carbonyl (C=O) groups is 1. The highest BCUT2D eigenvalue weighted by atomic mass is 35.5. The Morgan fingerprint density at radius 3 is 2.21 bits per heavy atom. The van der Waals surface area contributed by atoms with Crippen LogP contribution in [0.5, 0.6) is 0 Å². The van der Waals surface area contributed by atoms with E-state index in [4.69, 9.17) is 11.6 Å². The number of anilines is 1. The number of rotatable bonds is 9. The van der Waals surface area contributed by atoms with Gasteiger partial charge in [-0.3, -0.25) is 9.10 Å². The Morgan fingerprint density at radius 2 is 1.69 bits per heavy atom. The van der Waals surface area contributed by atoms with Gasteiger partial charge in [0.15, 0.2) is 0 Å². The molecule has 0 bridgehead atoms. The molecule has 0 aliphatic carbocycles. The van der Waals surface area contributed by atoms with E-state index in [2.05, 4.69) is 5.32 Å². The van der Waals surface area contributed by atoms with Crippen molar-refractivity contribution in [2.75, 3.05) is 17.1 Å². The van der Waals surface area contributed by atoms with Gasteiger partial charge in [-0.1, -0.05) is 36.7 Å². The molecule has 0 aliphatic heterocycles. The van der Waals surface area contributed by atoms with Gasteiger partial charge in [0.05, 0.1) is 11.9 Å². The van der Waals surface area contributed by atoms with Crippen molar-refractivity contribution >= 4 is 33.2 Å². The van der Waals surface area contributed by atoms with Crippen LogP contribution in [0.3, 0.4) is 0 Å². The van der Waals surface area contributed by atoms with E-state index >= 15 is 0 Å². The SMILES string of the molecule is CCC(C(=O)NCCCc1ccc(Cl)cc1)N(c1cc(C)cc(C)c1)S(C)(=O)=O. The number of aryl methyl sites for hydroxylation is 3. The smallest absolute Gasteiger partial charge is 0.243 e. The number of carbonyl (C=O) groups excluding carboxylic acids is 1. The lowest BCUT2D eigenvalue weighted by Gasteiger charge is -2.30. The zero-order valence-corrected chi connectivity index (χ0v) is 19.0. The topological polar surface area (TPSA) is 66.5 Å². The molecule has 0 saturated heterocycles. The number of sulfonamides is 1. The maximum Gasteiger partial charge on any atom is 0.243 e. The van der Waals surface area contributed by atoms with Crippen molar-refractivity contribution in [2.24, 2.45) is 0 Å². The predicted molar refractivity (Wildman–Crippen MR) is 120 cm³/mol. The van der Waals surface area contributed by atoms with Gasteiger partial charge in [-0.15, -0.1) is 0 Å². The van der Waals surface area contributed by atoms with Crippen LogP contribution >= 0.6 is 11.6 Å². The van der Waals surface area contributed by atoms with E-state index in [1.54, 1.807) is 12.1 Å². The third kappa shape index (κ3) is 6.75. The van der Waals surface area contributed by atoms with Crippen LogP contribution in [0.1, 0.15) is 36.5 Å². The van der Waals surface area contributed by atoms with Gasteiger partial charge < -0.3 is 5.32 Å². The summed E-state index contributed by atoms with van der Waals surface area (Å²) in [6.45, 7) is 6.12. The molecule has 158 valence electrons. The largest absolute Gasteiger partial charge is 0.354 e. The van der Waals surface area contributed by atoms with Crippen LogP contribution in [0.25, 0.3) is 0 Å². The quantitative estimate of drug-likeness (QED) is 0.597. The van der Waals surface area contributed by atoms with Crippen molar-refractivity contribution in [3.05, 3.63) is 64.2 Å². The molecule has 7 heteroatoms. The maximum absolute atomic E-state index is 12.8. The standard InChI is InChI=1S/C22H29ClN2O3S/c1-5-21(22(26)24-12-6-7-18-8-10-19(23)11-9-18)25(29(4,27)28)20-14-16(2)13-17(3)15-20/h8-11,13-15,21H,5-7,12H2,1-4H3,(H,24,26). The number of amides is 1. The normalized spacial score (nSPS) is 12.4. The molecule has 2 aromatic rings. The fraction of sp³-hybridized carbons (Fsp3) is 0.409. The Bertz CT molecular complexity index is 923. The summed E-state index contributed by atoms with van der Waals surface area (Å²) in [6, 6.07) is 12.4. The number of nitrogens with zero attached hydrogens (tertiary/aromatic N) is 1. The lowest BCUT2D eigenvalue weighted by Crippen LogP contribution is -2.49. The monoisotopic (exact) mass is 436 g/mol. The molecule has 0 aliphatic rings. The molecule has 0 saturated carbocycles. The highest BCUT2D eigenvalue weighted by Gasteiger charge is 2.31. The number of halogens is 1. The summed E-state index contributed by atoms with van der Waals surface area (Å²) in [7, 11) is -3.63. The first-order valence-corrected chi connectivity index (χ1v) is 11.9. The van der Waals surface area contributed by atoms with E-state index in [1.165, 1.54) is 4.31 Å². The van der Waals surface area contributed by atoms with Crippen molar-refractivity contribution in [3.63, 3.8) is 0 Å². The van der Waals surface area contributed by atoms with Gasteiger partial charge in [0.2, 0.25) is 15.9 Å². The lowest BCUT2D eigenvalue weighted by atomic mass is 10.1. The predicted octanol–water partition coefficient (Wildman–Crippen LogP) is 4.25. The molecule has 1 amide bonds. The number of nitrogens with one attached hydrogen (secondary N) is 1. The Labute approximate surface area is 179 Å². The Hall–Kier alpha value is -2.05. The molecular formula is C22H29ClN2O3S. The van der Waals surface area contributed by atoms with Crippen LogP contribution in [-0.2, 0) is 21.2 Å². The molecule has 1 atom stereocenters. The number of hydrogen-bond acceptors (Lipinski definition) is 3. The molecular weight excluding hydrogens is 408 g/mol. The van der Waals surface area contributed by atoms with Crippen molar-refractivity contribution in [2.45, 2.75) is 46.1 Å². The van der Waals surface area contributed by atoms with E-state index in [1.807, 2.05) is 51.1 Å². The van der Waals surface area contributed by atoms with Crippen molar-refractivity contribution in [1.82, 2.24) is 5.32 Å². The van der Waals surface area contributed by atoms with Crippen LogP contribution in [0.15, 0.2) is 42.5 Å². The first-order chi connectivity index (χ1) is 13.6. The van der Waals surface area contributed by atoms with Crippen LogP contribution in [0, 0.1) is 13.8 Å². The summed E-state index contributed by atoms with van der Waals surface area (Å²) < 4.78 is 26.3. The van der Waals surface area contributed by atoms with Crippen LogP contribution in [-0.4, -0.2) is 33.2 Å². The first-order valence-electron chi connectivity index (χ1n) is 9.71. The van der Waals surface area contributed by atoms with Gasteiger partial charge in [0.1, 0.15) is 6.04 Å². The zero-order valence-electron chi connectivity index (χ0n) is 17.4. The molecule has 1 unspecified atom stereocenters. The third-order valence-corrected chi connectivity index (χ3v) is 6.08. The second-order valence-corrected chi connectivity index (χ2v) is 9.65. The van der Waals surface area contributed by atoms with Gasteiger partial charge in [0, 0.05) is 11.6 Å². The Kier molecular flexibility index (Phi) is 8.11. The van der Waals surface area contributed by atoms with E-state index in [9.17, 15) is 13.2 Å². The average molecular weight is 437 g/mol. The summed E-state index contributed by atoms with van der Waals surface area (Å²) in [4.78, 5) is 12.8. The summed E-state index contributed by atoms with van der Waals surface area (Å²) in [5, 5.41) is 3.59. The molecule has 0 radical (unpaired) electrons. The molecule has 0 fully saturated rings. The van der Waals surface area contributed by atoms with Gasteiger partial charge in [0.25, 0.3) is 0 Å². The van der Waals surface area contributed by atoms with Gasteiger partial charge in [-0.05, 0) is 74.1 Å². The minimum absolute atomic E-state index is 0.284. The minimum Gasteiger partial charge on any atom is -0.354 e. The zero-order chi connectivity index (χ0) is 21.6. The summed E-state index contributed by atoms with van der Waals surface area (Å²) in [5.74, 6) is -0.284. The third-order valence-electron chi connectivity index (χ3n) is 4.65. The second-order valence-electron chi connectivity index (χ2n) is 7.35. The average Bonchev–Trinajstić information content (AvgIpc) is 2.62. The van der Waals surface area contributed by atoms with Crippen molar-refractivity contribution in [1.29, 1.82) is 0 Å². The summed E-state index contributed by atoms with van der Waals surface area (Å²) in [6.07, 6.45) is 3.08. The van der Waals surface area contributed by atoms with Crippen LogP contribution in [0.4, 0.5) is 5.69 Å². The highest BCUT2D eigenvalue weighted by Crippen LogP contribution is 2.25. The highest BCUT2D eigenvalue weighted by molar-refractivity contribution is 7.92. The summed E-state index contributed by atoms with van der Waals surface area (Å²) >= 11 is 5.89. The van der Waals surface area contributed by atoms with E-state index in [0.717, 1.165) is 35.8 Å².